The monoisotopic (exact) mass is 189 g/mol. The highest BCUT2D eigenvalue weighted by molar-refractivity contribution is 7.99. The summed E-state index contributed by atoms with van der Waals surface area (Å²) in [4.78, 5) is 0.587. The maximum atomic E-state index is 11.9. The molecule has 0 aliphatic heterocycles. The molecule has 1 aromatic carbocycles. The third-order valence-corrected chi connectivity index (χ3v) is 2.09. The van der Waals surface area contributed by atoms with E-state index in [2.05, 4.69) is 5.32 Å². The fraction of sp³-hybridized carbons (Fsp3) is 0.250. The van der Waals surface area contributed by atoms with Gasteiger partial charge in [0.05, 0.1) is 0 Å². The topological polar surface area (TPSA) is 12.0 Å². The van der Waals surface area contributed by atoms with E-state index in [0.29, 0.717) is 16.7 Å². The first kappa shape index (κ1) is 9.32. The molecule has 0 amide bonds. The van der Waals surface area contributed by atoms with Gasteiger partial charge in [0.15, 0.2) is 0 Å². The lowest BCUT2D eigenvalue weighted by Gasteiger charge is -2.01. The van der Waals surface area contributed by atoms with E-state index >= 15 is 0 Å². The van der Waals surface area contributed by atoms with Crippen molar-refractivity contribution in [3.8, 4) is 0 Å². The van der Waals surface area contributed by atoms with Crippen LogP contribution in [-0.2, 0) is 0 Å². The number of hydrogen-bond donors (Lipinski definition) is 1. The van der Waals surface area contributed by atoms with Crippen LogP contribution in [0.2, 0.25) is 0 Å². The van der Waals surface area contributed by atoms with Gasteiger partial charge in [-0.25, -0.2) is 0 Å². The Kier molecular flexibility index (Phi) is 3.34. The van der Waals surface area contributed by atoms with Gasteiger partial charge < -0.3 is 5.32 Å². The lowest BCUT2D eigenvalue weighted by molar-refractivity contribution is 0.252. The fourth-order valence-electron chi connectivity index (χ4n) is 0.803. The second-order valence-corrected chi connectivity index (χ2v) is 3.22. The Bertz CT molecular complexity index is 235. The minimum Gasteiger partial charge on any atom is -0.388 e. The van der Waals surface area contributed by atoms with Gasteiger partial charge in [0.2, 0.25) is 0 Å². The summed E-state index contributed by atoms with van der Waals surface area (Å²) >= 11 is 0.557. The van der Waals surface area contributed by atoms with Crippen molar-refractivity contribution >= 4 is 17.4 Å². The molecule has 0 unspecified atom stereocenters. The molecule has 0 heterocycles. The van der Waals surface area contributed by atoms with Crippen LogP contribution in [0.5, 0.6) is 0 Å². The van der Waals surface area contributed by atoms with Gasteiger partial charge in [-0.2, -0.15) is 8.78 Å². The minimum atomic E-state index is -2.34. The molecule has 0 saturated heterocycles. The number of benzene rings is 1. The van der Waals surface area contributed by atoms with E-state index in [-0.39, 0.29) is 0 Å². The van der Waals surface area contributed by atoms with Gasteiger partial charge in [-0.1, -0.05) is 11.8 Å². The number of alkyl halides is 2. The second kappa shape index (κ2) is 4.30. The average Bonchev–Trinajstić information content (AvgIpc) is 2.05. The number of hydrogen-bond acceptors (Lipinski definition) is 2. The van der Waals surface area contributed by atoms with E-state index in [1.165, 1.54) is 0 Å². The standard InChI is InChI=1S/C8H9F2NS/c1-11-6-2-4-7(5-3-6)12-8(9)10/h2-5,8,11H,1H3. The SMILES string of the molecule is CNc1ccc(SC(F)F)cc1. The molecule has 4 heteroatoms. The van der Waals surface area contributed by atoms with Gasteiger partial charge in [-0.05, 0) is 24.3 Å². The quantitative estimate of drug-likeness (QED) is 0.733. The highest BCUT2D eigenvalue weighted by Gasteiger charge is 2.03. The molecule has 0 aliphatic carbocycles. The van der Waals surface area contributed by atoms with Crippen LogP contribution in [0.15, 0.2) is 29.2 Å². The highest BCUT2D eigenvalue weighted by Crippen LogP contribution is 2.25. The Hall–Kier alpha value is -0.770. The van der Waals surface area contributed by atoms with Crippen molar-refractivity contribution in [3.63, 3.8) is 0 Å². The second-order valence-electron chi connectivity index (χ2n) is 2.15. The van der Waals surface area contributed by atoms with E-state index in [9.17, 15) is 8.78 Å². The Balaban J connectivity index is 2.65. The van der Waals surface area contributed by atoms with Crippen LogP contribution >= 0.6 is 11.8 Å². The summed E-state index contributed by atoms with van der Waals surface area (Å²) in [6.45, 7) is 0. The Morgan fingerprint density at radius 3 is 2.25 bits per heavy atom. The smallest absolute Gasteiger partial charge is 0.288 e. The molecule has 0 fully saturated rings. The molecule has 1 rings (SSSR count). The van der Waals surface area contributed by atoms with Gasteiger partial charge in [0, 0.05) is 17.6 Å². The van der Waals surface area contributed by atoms with E-state index in [1.807, 2.05) is 0 Å². The summed E-state index contributed by atoms with van der Waals surface area (Å²) < 4.78 is 23.7. The van der Waals surface area contributed by atoms with Crippen molar-refractivity contribution in [1.29, 1.82) is 0 Å². The van der Waals surface area contributed by atoms with Gasteiger partial charge in [-0.15, -0.1) is 0 Å². The van der Waals surface area contributed by atoms with Gasteiger partial charge >= 0.3 is 0 Å². The van der Waals surface area contributed by atoms with E-state index in [0.717, 1.165) is 5.69 Å². The van der Waals surface area contributed by atoms with Crippen molar-refractivity contribution < 1.29 is 8.78 Å². The van der Waals surface area contributed by atoms with Crippen molar-refractivity contribution in [3.05, 3.63) is 24.3 Å². The summed E-state index contributed by atoms with van der Waals surface area (Å²) in [7, 11) is 1.79. The highest BCUT2D eigenvalue weighted by atomic mass is 32.2. The molecule has 0 spiro atoms. The first-order chi connectivity index (χ1) is 5.72. The third-order valence-electron chi connectivity index (χ3n) is 1.37. The van der Waals surface area contributed by atoms with Crippen LogP contribution in [0.3, 0.4) is 0 Å². The number of thioether (sulfide) groups is 1. The van der Waals surface area contributed by atoms with Crippen LogP contribution in [0.25, 0.3) is 0 Å². The Morgan fingerprint density at radius 2 is 1.83 bits per heavy atom. The lowest BCUT2D eigenvalue weighted by atomic mass is 10.3. The summed E-state index contributed by atoms with van der Waals surface area (Å²) in [5.41, 5.74) is 0.925. The van der Waals surface area contributed by atoms with Crippen LogP contribution in [0.1, 0.15) is 0 Å². The summed E-state index contributed by atoms with van der Waals surface area (Å²) in [6.07, 6.45) is 0. The maximum Gasteiger partial charge on any atom is 0.288 e. The number of nitrogens with one attached hydrogen (secondary N) is 1. The first-order valence-corrected chi connectivity index (χ1v) is 4.33. The average molecular weight is 189 g/mol. The molecule has 1 N–H and O–H groups in total. The summed E-state index contributed by atoms with van der Waals surface area (Å²) in [6, 6.07) is 6.88. The summed E-state index contributed by atoms with van der Waals surface area (Å²) in [5.74, 6) is -2.34. The van der Waals surface area contributed by atoms with E-state index in [4.69, 9.17) is 0 Å². The zero-order valence-electron chi connectivity index (χ0n) is 6.55. The van der Waals surface area contributed by atoms with Crippen molar-refractivity contribution in [2.24, 2.45) is 0 Å². The Labute approximate surface area is 74.2 Å². The molecule has 0 aromatic heterocycles. The van der Waals surface area contributed by atoms with Crippen LogP contribution < -0.4 is 5.32 Å². The predicted octanol–water partition coefficient (Wildman–Crippen LogP) is 3.04. The number of anilines is 1. The first-order valence-electron chi connectivity index (χ1n) is 3.45. The summed E-state index contributed by atoms with van der Waals surface area (Å²) in [5, 5.41) is 2.91. The molecule has 0 atom stereocenters. The van der Waals surface area contributed by atoms with Crippen LogP contribution in [0.4, 0.5) is 14.5 Å². The molecule has 1 aromatic rings. The van der Waals surface area contributed by atoms with Gasteiger partial charge in [0.25, 0.3) is 5.76 Å². The number of halogens is 2. The van der Waals surface area contributed by atoms with E-state index < -0.39 is 5.76 Å². The molecule has 0 radical (unpaired) electrons. The number of rotatable bonds is 3. The van der Waals surface area contributed by atoms with Crippen molar-refractivity contribution in [1.82, 2.24) is 0 Å². The van der Waals surface area contributed by atoms with Gasteiger partial charge in [0.1, 0.15) is 0 Å². The molecule has 12 heavy (non-hydrogen) atoms. The molecule has 0 saturated carbocycles. The maximum absolute atomic E-state index is 11.9. The molecule has 0 aliphatic rings. The molecular formula is C8H9F2NS. The normalized spacial score (nSPS) is 10.3. The molecular weight excluding hydrogens is 180 g/mol. The molecule has 1 nitrogen and oxygen atoms in total. The minimum absolute atomic E-state index is 0.557. The van der Waals surface area contributed by atoms with Crippen molar-refractivity contribution in [2.45, 2.75) is 10.7 Å². The molecule has 66 valence electrons. The molecule has 0 bridgehead atoms. The van der Waals surface area contributed by atoms with Crippen molar-refractivity contribution in [2.75, 3.05) is 12.4 Å². The Morgan fingerprint density at radius 1 is 1.25 bits per heavy atom. The largest absolute Gasteiger partial charge is 0.388 e. The zero-order valence-corrected chi connectivity index (χ0v) is 7.37. The third kappa shape index (κ3) is 2.70. The van der Waals surface area contributed by atoms with Crippen LogP contribution in [-0.4, -0.2) is 12.8 Å². The predicted molar refractivity (Wildman–Crippen MR) is 47.8 cm³/mol. The van der Waals surface area contributed by atoms with Crippen LogP contribution in [0, 0.1) is 0 Å². The zero-order chi connectivity index (χ0) is 8.97. The van der Waals surface area contributed by atoms with E-state index in [1.54, 1.807) is 31.3 Å². The lowest BCUT2D eigenvalue weighted by Crippen LogP contribution is -1.87. The van der Waals surface area contributed by atoms with Gasteiger partial charge in [-0.3, -0.25) is 0 Å². The fourth-order valence-corrected chi connectivity index (χ4v) is 1.30.